The molecule has 0 amide bonds. The quantitative estimate of drug-likeness (QED) is 0.828. The molecule has 1 fully saturated rings. The lowest BCUT2D eigenvalue weighted by atomic mass is 9.89. The van der Waals surface area contributed by atoms with E-state index < -0.39 is 4.93 Å². The van der Waals surface area contributed by atoms with Crippen LogP contribution in [0, 0.1) is 5.92 Å². The first-order valence-corrected chi connectivity index (χ1v) is 7.19. The molecule has 0 saturated carbocycles. The van der Waals surface area contributed by atoms with Crippen molar-refractivity contribution in [3.63, 3.8) is 0 Å². The Balaban J connectivity index is 1.85. The van der Waals surface area contributed by atoms with E-state index in [-0.39, 0.29) is 0 Å². The molecule has 0 bridgehead atoms. The van der Waals surface area contributed by atoms with E-state index in [0.29, 0.717) is 5.92 Å². The molecule has 0 spiro atoms. The molecule has 1 heterocycles. The summed E-state index contributed by atoms with van der Waals surface area (Å²) in [5.41, 5.74) is 2.52. The molecule has 2 aromatic rings. The Morgan fingerprint density at radius 1 is 1.00 bits per heavy atom. The van der Waals surface area contributed by atoms with E-state index >= 15 is 0 Å². The third-order valence-corrected chi connectivity index (χ3v) is 4.61. The molecule has 2 unspecified atom stereocenters. The van der Waals surface area contributed by atoms with Gasteiger partial charge in [0, 0.05) is 12.5 Å². The van der Waals surface area contributed by atoms with Gasteiger partial charge in [-0.25, -0.2) is 0 Å². The first-order chi connectivity index (χ1) is 9.29. The van der Waals surface area contributed by atoms with Crippen molar-refractivity contribution < 1.29 is 4.74 Å². The lowest BCUT2D eigenvalue weighted by Gasteiger charge is -2.30. The van der Waals surface area contributed by atoms with Gasteiger partial charge in [0.05, 0.1) is 0 Å². The Labute approximate surface area is 120 Å². The van der Waals surface area contributed by atoms with Crippen LogP contribution >= 0.6 is 12.6 Å². The van der Waals surface area contributed by atoms with E-state index in [1.165, 1.54) is 5.56 Å². The Hall–Kier alpha value is -1.25. The number of ether oxygens (including phenoxy) is 1. The molecule has 2 atom stereocenters. The summed E-state index contributed by atoms with van der Waals surface area (Å²) in [5.74, 6) is 0.417. The zero-order valence-corrected chi connectivity index (χ0v) is 11.7. The van der Waals surface area contributed by atoms with Crippen LogP contribution in [0.2, 0.25) is 0 Å². The highest BCUT2D eigenvalue weighted by Gasteiger charge is 2.42. The highest BCUT2D eigenvalue weighted by molar-refractivity contribution is 7.81. The molecule has 0 radical (unpaired) electrons. The van der Waals surface area contributed by atoms with E-state index in [9.17, 15) is 0 Å². The molecule has 0 aliphatic carbocycles. The van der Waals surface area contributed by atoms with Crippen LogP contribution in [-0.2, 0) is 16.1 Å². The van der Waals surface area contributed by atoms with Crippen LogP contribution in [0.15, 0.2) is 60.7 Å². The first-order valence-electron chi connectivity index (χ1n) is 6.75. The molecule has 1 aliphatic heterocycles. The van der Waals surface area contributed by atoms with Gasteiger partial charge in [-0.2, -0.15) is 0 Å². The summed E-state index contributed by atoms with van der Waals surface area (Å²) in [4.78, 5) is -0.447. The fourth-order valence-electron chi connectivity index (χ4n) is 2.81. The lowest BCUT2D eigenvalue weighted by molar-refractivity contribution is 0.0591. The van der Waals surface area contributed by atoms with E-state index in [1.54, 1.807) is 0 Å². The number of hydrogen-bond acceptors (Lipinski definition) is 2. The van der Waals surface area contributed by atoms with Crippen molar-refractivity contribution in [2.45, 2.75) is 17.8 Å². The SMILES string of the molecule is SC1(c2ccccc2)OCCC1Cc1ccccc1. The standard InChI is InChI=1S/C17H18OS/c19-17(15-9-5-2-6-10-15)16(11-12-18-17)13-14-7-3-1-4-8-14/h1-10,16,19H,11-13H2. The molecule has 98 valence electrons. The van der Waals surface area contributed by atoms with Crippen molar-refractivity contribution in [2.24, 2.45) is 5.92 Å². The normalized spacial score (nSPS) is 26.5. The van der Waals surface area contributed by atoms with Crippen molar-refractivity contribution >= 4 is 12.6 Å². The molecule has 1 saturated heterocycles. The minimum atomic E-state index is -0.447. The molecule has 19 heavy (non-hydrogen) atoms. The second-order valence-electron chi connectivity index (χ2n) is 5.09. The zero-order valence-electron chi connectivity index (χ0n) is 10.8. The molecule has 0 aromatic heterocycles. The molecular formula is C17H18OS. The van der Waals surface area contributed by atoms with E-state index in [4.69, 9.17) is 17.4 Å². The monoisotopic (exact) mass is 270 g/mol. The van der Waals surface area contributed by atoms with Gasteiger partial charge in [-0.1, -0.05) is 60.7 Å². The maximum absolute atomic E-state index is 5.98. The molecule has 1 aliphatic rings. The first kappa shape index (κ1) is 12.8. The minimum Gasteiger partial charge on any atom is -0.360 e. The van der Waals surface area contributed by atoms with Crippen molar-refractivity contribution in [3.05, 3.63) is 71.8 Å². The van der Waals surface area contributed by atoms with Crippen molar-refractivity contribution in [1.29, 1.82) is 0 Å². The molecule has 3 rings (SSSR count). The topological polar surface area (TPSA) is 9.23 Å². The number of benzene rings is 2. The Bertz CT molecular complexity index is 525. The maximum atomic E-state index is 5.98. The van der Waals surface area contributed by atoms with Gasteiger partial charge in [-0.15, -0.1) is 12.6 Å². The van der Waals surface area contributed by atoms with Crippen LogP contribution in [0.5, 0.6) is 0 Å². The van der Waals surface area contributed by atoms with Gasteiger partial charge in [-0.05, 0) is 24.0 Å². The predicted molar refractivity (Wildman–Crippen MR) is 81.3 cm³/mol. The van der Waals surface area contributed by atoms with Crippen molar-refractivity contribution in [3.8, 4) is 0 Å². The number of rotatable bonds is 3. The number of thiol groups is 1. The van der Waals surface area contributed by atoms with E-state index in [0.717, 1.165) is 25.0 Å². The zero-order chi connectivity index (χ0) is 13.1. The Morgan fingerprint density at radius 2 is 1.63 bits per heavy atom. The smallest absolute Gasteiger partial charge is 0.139 e. The molecule has 2 heteroatoms. The third-order valence-electron chi connectivity index (χ3n) is 3.85. The lowest BCUT2D eigenvalue weighted by Crippen LogP contribution is -2.27. The summed E-state index contributed by atoms with van der Waals surface area (Å²) < 4.78 is 5.98. The summed E-state index contributed by atoms with van der Waals surface area (Å²) >= 11 is 4.87. The molecule has 0 N–H and O–H groups in total. The minimum absolute atomic E-state index is 0.417. The summed E-state index contributed by atoms with van der Waals surface area (Å²) in [6.07, 6.45) is 2.08. The van der Waals surface area contributed by atoms with Gasteiger partial charge >= 0.3 is 0 Å². The molecular weight excluding hydrogens is 252 g/mol. The van der Waals surface area contributed by atoms with E-state index in [1.807, 2.05) is 6.07 Å². The van der Waals surface area contributed by atoms with Crippen LogP contribution in [0.3, 0.4) is 0 Å². The van der Waals surface area contributed by atoms with Gasteiger partial charge in [0.25, 0.3) is 0 Å². The second-order valence-corrected chi connectivity index (χ2v) is 5.75. The highest BCUT2D eigenvalue weighted by atomic mass is 32.1. The average molecular weight is 270 g/mol. The van der Waals surface area contributed by atoms with Crippen LogP contribution < -0.4 is 0 Å². The summed E-state index contributed by atoms with van der Waals surface area (Å²) in [7, 11) is 0. The number of hydrogen-bond donors (Lipinski definition) is 1. The van der Waals surface area contributed by atoms with Gasteiger partial charge in [0.15, 0.2) is 0 Å². The summed E-state index contributed by atoms with van der Waals surface area (Å²) in [6, 6.07) is 20.9. The van der Waals surface area contributed by atoms with Gasteiger partial charge in [-0.3, -0.25) is 0 Å². The van der Waals surface area contributed by atoms with Crippen molar-refractivity contribution in [2.75, 3.05) is 6.61 Å². The Morgan fingerprint density at radius 3 is 2.32 bits per heavy atom. The van der Waals surface area contributed by atoms with Gasteiger partial charge in [0.2, 0.25) is 0 Å². The third kappa shape index (κ3) is 2.56. The summed E-state index contributed by atoms with van der Waals surface area (Å²) in [5, 5.41) is 0. The van der Waals surface area contributed by atoms with Gasteiger partial charge in [0.1, 0.15) is 4.93 Å². The van der Waals surface area contributed by atoms with Gasteiger partial charge < -0.3 is 4.74 Å². The predicted octanol–water partition coefficient (Wildman–Crippen LogP) is 4.05. The van der Waals surface area contributed by atoms with Crippen molar-refractivity contribution in [1.82, 2.24) is 0 Å². The van der Waals surface area contributed by atoms with E-state index in [2.05, 4.69) is 54.6 Å². The summed E-state index contributed by atoms with van der Waals surface area (Å²) in [6.45, 7) is 0.788. The van der Waals surface area contributed by atoms with Crippen LogP contribution in [0.4, 0.5) is 0 Å². The fraction of sp³-hybridized carbons (Fsp3) is 0.294. The molecule has 2 aromatic carbocycles. The molecule has 1 nitrogen and oxygen atoms in total. The Kier molecular flexibility index (Phi) is 3.63. The fourth-order valence-corrected chi connectivity index (χ4v) is 3.27. The largest absolute Gasteiger partial charge is 0.360 e. The average Bonchev–Trinajstić information content (AvgIpc) is 2.84. The van der Waals surface area contributed by atoms with Crippen LogP contribution in [0.25, 0.3) is 0 Å². The second kappa shape index (κ2) is 5.40. The highest BCUT2D eigenvalue weighted by Crippen LogP contribution is 2.45. The maximum Gasteiger partial charge on any atom is 0.139 e. The van der Waals surface area contributed by atoms with Crippen LogP contribution in [-0.4, -0.2) is 6.61 Å². The van der Waals surface area contributed by atoms with Crippen LogP contribution in [0.1, 0.15) is 17.5 Å².